The number of aromatic hydroxyl groups is 1. The average Bonchev–Trinajstić information content (AvgIpc) is 2.76. The average molecular weight is 393 g/mol. The lowest BCUT2D eigenvalue weighted by Crippen LogP contribution is -2.29. The highest BCUT2D eigenvalue weighted by molar-refractivity contribution is 5.95. The SMILES string of the molecule is COc1cc2nccc(Nc3ccc(O)c(CN4CCCCC4)c3)c2cc1OC. The summed E-state index contributed by atoms with van der Waals surface area (Å²) in [5, 5.41) is 14.7. The Morgan fingerprint density at radius 1 is 1.00 bits per heavy atom. The van der Waals surface area contributed by atoms with Gasteiger partial charge in [0.1, 0.15) is 5.75 Å². The van der Waals surface area contributed by atoms with Crippen molar-refractivity contribution < 1.29 is 14.6 Å². The van der Waals surface area contributed by atoms with Crippen LogP contribution in [0.4, 0.5) is 11.4 Å². The van der Waals surface area contributed by atoms with Gasteiger partial charge in [-0.1, -0.05) is 6.42 Å². The third kappa shape index (κ3) is 4.22. The summed E-state index contributed by atoms with van der Waals surface area (Å²) in [5.74, 6) is 1.65. The molecule has 2 N–H and O–H groups in total. The van der Waals surface area contributed by atoms with Crippen LogP contribution in [0.3, 0.4) is 0 Å². The fourth-order valence-electron chi connectivity index (χ4n) is 3.89. The lowest BCUT2D eigenvalue weighted by molar-refractivity contribution is 0.218. The van der Waals surface area contributed by atoms with Crippen LogP contribution in [0.2, 0.25) is 0 Å². The number of nitrogens with one attached hydrogen (secondary N) is 1. The number of hydrogen-bond donors (Lipinski definition) is 2. The van der Waals surface area contributed by atoms with Crippen molar-refractivity contribution in [2.45, 2.75) is 25.8 Å². The van der Waals surface area contributed by atoms with Crippen LogP contribution in [0, 0.1) is 0 Å². The zero-order valence-electron chi connectivity index (χ0n) is 16.9. The first kappa shape index (κ1) is 19.3. The van der Waals surface area contributed by atoms with Crippen LogP contribution in [0.5, 0.6) is 17.2 Å². The Balaban J connectivity index is 1.63. The van der Waals surface area contributed by atoms with Crippen molar-refractivity contribution in [3.8, 4) is 17.2 Å². The van der Waals surface area contributed by atoms with E-state index in [9.17, 15) is 5.11 Å². The van der Waals surface area contributed by atoms with E-state index in [1.165, 1.54) is 19.3 Å². The van der Waals surface area contributed by atoms with E-state index in [1.54, 1.807) is 26.5 Å². The normalized spacial score (nSPS) is 14.7. The second-order valence-corrected chi connectivity index (χ2v) is 7.39. The molecule has 0 atom stereocenters. The van der Waals surface area contributed by atoms with Crippen LogP contribution in [-0.4, -0.2) is 42.3 Å². The summed E-state index contributed by atoms with van der Waals surface area (Å²) in [6.45, 7) is 2.95. The van der Waals surface area contributed by atoms with Gasteiger partial charge in [0.2, 0.25) is 0 Å². The highest BCUT2D eigenvalue weighted by atomic mass is 16.5. The second-order valence-electron chi connectivity index (χ2n) is 7.39. The van der Waals surface area contributed by atoms with Gasteiger partial charge >= 0.3 is 0 Å². The van der Waals surface area contributed by atoms with Crippen LogP contribution < -0.4 is 14.8 Å². The van der Waals surface area contributed by atoms with E-state index in [-0.39, 0.29) is 0 Å². The monoisotopic (exact) mass is 393 g/mol. The number of ether oxygens (including phenoxy) is 2. The van der Waals surface area contributed by atoms with Crippen molar-refractivity contribution in [3.63, 3.8) is 0 Å². The number of likely N-dealkylation sites (tertiary alicyclic amines) is 1. The van der Waals surface area contributed by atoms with E-state index < -0.39 is 0 Å². The predicted molar refractivity (Wildman–Crippen MR) is 115 cm³/mol. The maximum Gasteiger partial charge on any atom is 0.162 e. The van der Waals surface area contributed by atoms with Gasteiger partial charge in [-0.2, -0.15) is 0 Å². The largest absolute Gasteiger partial charge is 0.508 e. The Hall–Kier alpha value is -2.99. The number of fused-ring (bicyclic) bond motifs is 1. The molecule has 3 aromatic rings. The molecule has 6 nitrogen and oxygen atoms in total. The predicted octanol–water partition coefficient (Wildman–Crippen LogP) is 4.69. The summed E-state index contributed by atoms with van der Waals surface area (Å²) in [7, 11) is 3.24. The highest BCUT2D eigenvalue weighted by Gasteiger charge is 2.14. The standard InChI is InChI=1S/C23H27N3O3/c1-28-22-13-18-19(8-9-24-20(18)14-23(22)29-2)25-17-6-7-21(27)16(12-17)15-26-10-4-3-5-11-26/h6-9,12-14,27H,3-5,10-11,15H2,1-2H3,(H,24,25). The molecule has 1 aliphatic rings. The number of rotatable bonds is 6. The van der Waals surface area contributed by atoms with Gasteiger partial charge in [0.25, 0.3) is 0 Å². The number of phenolic OH excluding ortho intramolecular Hbond substituents is 1. The molecule has 1 fully saturated rings. The lowest BCUT2D eigenvalue weighted by atomic mass is 10.1. The molecular formula is C23H27N3O3. The molecule has 2 aromatic carbocycles. The molecule has 1 aliphatic heterocycles. The molecular weight excluding hydrogens is 366 g/mol. The first-order valence-corrected chi connectivity index (χ1v) is 10.00. The molecule has 0 bridgehead atoms. The van der Waals surface area contributed by atoms with Gasteiger partial charge in [-0.15, -0.1) is 0 Å². The summed E-state index contributed by atoms with van der Waals surface area (Å²) in [5.41, 5.74) is 3.61. The fraction of sp³-hybridized carbons (Fsp3) is 0.348. The minimum Gasteiger partial charge on any atom is -0.508 e. The molecule has 1 saturated heterocycles. The van der Waals surface area contributed by atoms with Crippen LogP contribution in [0.15, 0.2) is 42.6 Å². The van der Waals surface area contributed by atoms with Gasteiger partial charge in [-0.25, -0.2) is 0 Å². The van der Waals surface area contributed by atoms with Crippen molar-refractivity contribution in [1.82, 2.24) is 9.88 Å². The molecule has 1 aromatic heterocycles. The van der Waals surface area contributed by atoms with Crippen molar-refractivity contribution in [1.29, 1.82) is 0 Å². The molecule has 152 valence electrons. The van der Waals surface area contributed by atoms with Crippen LogP contribution in [-0.2, 0) is 6.54 Å². The topological polar surface area (TPSA) is 66.8 Å². The fourth-order valence-corrected chi connectivity index (χ4v) is 3.89. The number of anilines is 2. The first-order valence-electron chi connectivity index (χ1n) is 10.00. The van der Waals surface area contributed by atoms with Crippen LogP contribution >= 0.6 is 0 Å². The maximum atomic E-state index is 10.3. The zero-order chi connectivity index (χ0) is 20.2. The number of methoxy groups -OCH3 is 2. The number of aromatic nitrogens is 1. The van der Waals surface area contributed by atoms with Crippen LogP contribution in [0.25, 0.3) is 10.9 Å². The van der Waals surface area contributed by atoms with E-state index in [4.69, 9.17) is 9.47 Å². The van der Waals surface area contributed by atoms with Crippen molar-refractivity contribution in [2.24, 2.45) is 0 Å². The van der Waals surface area contributed by atoms with Gasteiger partial charge < -0.3 is 19.9 Å². The molecule has 29 heavy (non-hydrogen) atoms. The number of pyridine rings is 1. The third-order valence-corrected chi connectivity index (χ3v) is 5.45. The summed E-state index contributed by atoms with van der Waals surface area (Å²) in [6, 6.07) is 11.4. The van der Waals surface area contributed by atoms with Gasteiger partial charge in [0.05, 0.1) is 19.7 Å². The van der Waals surface area contributed by atoms with Gasteiger partial charge in [-0.3, -0.25) is 9.88 Å². The molecule has 2 heterocycles. The van der Waals surface area contributed by atoms with Crippen molar-refractivity contribution >= 4 is 22.3 Å². The van der Waals surface area contributed by atoms with E-state index >= 15 is 0 Å². The first-order chi connectivity index (χ1) is 14.2. The van der Waals surface area contributed by atoms with E-state index in [1.807, 2.05) is 30.3 Å². The maximum absolute atomic E-state index is 10.3. The van der Waals surface area contributed by atoms with Crippen LogP contribution in [0.1, 0.15) is 24.8 Å². The molecule has 0 amide bonds. The van der Waals surface area contributed by atoms with Gasteiger partial charge in [0.15, 0.2) is 11.5 Å². The Labute approximate surface area is 171 Å². The minimum absolute atomic E-state index is 0.340. The molecule has 0 spiro atoms. The van der Waals surface area contributed by atoms with Gasteiger partial charge in [-0.05, 0) is 56.3 Å². The molecule has 0 radical (unpaired) electrons. The smallest absolute Gasteiger partial charge is 0.162 e. The summed E-state index contributed by atoms with van der Waals surface area (Å²) < 4.78 is 10.8. The van der Waals surface area contributed by atoms with E-state index in [2.05, 4.69) is 15.2 Å². The second kappa shape index (κ2) is 8.57. The number of nitrogens with zero attached hydrogens (tertiary/aromatic N) is 2. The van der Waals surface area contributed by atoms with Crippen molar-refractivity contribution in [2.75, 3.05) is 32.6 Å². The third-order valence-electron chi connectivity index (χ3n) is 5.45. The summed E-state index contributed by atoms with van der Waals surface area (Å²) in [6.07, 6.45) is 5.53. The molecule has 6 heteroatoms. The Kier molecular flexibility index (Phi) is 5.71. The Bertz CT molecular complexity index is 1000. The summed E-state index contributed by atoms with van der Waals surface area (Å²) in [4.78, 5) is 6.86. The lowest BCUT2D eigenvalue weighted by Gasteiger charge is -2.26. The van der Waals surface area contributed by atoms with E-state index in [0.29, 0.717) is 17.2 Å². The highest BCUT2D eigenvalue weighted by Crippen LogP contribution is 2.36. The van der Waals surface area contributed by atoms with E-state index in [0.717, 1.165) is 47.5 Å². The molecule has 0 aliphatic carbocycles. The number of benzene rings is 2. The summed E-state index contributed by atoms with van der Waals surface area (Å²) >= 11 is 0. The number of piperidine rings is 1. The Morgan fingerprint density at radius 3 is 2.52 bits per heavy atom. The number of hydrogen-bond acceptors (Lipinski definition) is 6. The zero-order valence-corrected chi connectivity index (χ0v) is 16.9. The molecule has 0 unspecified atom stereocenters. The van der Waals surface area contributed by atoms with Gasteiger partial charge in [0, 0.05) is 41.1 Å². The Morgan fingerprint density at radius 2 is 1.76 bits per heavy atom. The quantitative estimate of drug-likeness (QED) is 0.593. The molecule has 4 rings (SSSR count). The van der Waals surface area contributed by atoms with Crippen molar-refractivity contribution in [3.05, 3.63) is 48.2 Å². The number of phenols is 1. The molecule has 0 saturated carbocycles. The minimum atomic E-state index is 0.340.